The van der Waals surface area contributed by atoms with Crippen molar-refractivity contribution in [1.29, 1.82) is 0 Å². The topological polar surface area (TPSA) is 50.6 Å². The summed E-state index contributed by atoms with van der Waals surface area (Å²) in [5, 5.41) is 0. The molecule has 1 aliphatic rings. The number of likely N-dealkylation sites (N-methyl/N-ethyl adjacent to an activating group) is 1. The Hall–Kier alpha value is -3.12. The fourth-order valence-electron chi connectivity index (χ4n) is 4.05. The monoisotopic (exact) mass is 418 g/mol. The maximum atomic E-state index is 12.9. The summed E-state index contributed by atoms with van der Waals surface area (Å²) >= 11 is 0. The van der Waals surface area contributed by atoms with Gasteiger partial charge >= 0.3 is 0 Å². The van der Waals surface area contributed by atoms with E-state index in [1.54, 1.807) is 0 Å². The van der Waals surface area contributed by atoms with Crippen molar-refractivity contribution in [3.8, 4) is 11.6 Å². The van der Waals surface area contributed by atoms with Gasteiger partial charge in [-0.1, -0.05) is 24.3 Å². The van der Waals surface area contributed by atoms with E-state index in [4.69, 9.17) is 4.74 Å². The van der Waals surface area contributed by atoms with Crippen LogP contribution in [-0.2, 0) is 17.8 Å². The van der Waals surface area contributed by atoms with Crippen LogP contribution in [0.25, 0.3) is 5.82 Å². The highest BCUT2D eigenvalue weighted by Crippen LogP contribution is 2.21. The number of fused-ring (bicyclic) bond motifs is 1. The summed E-state index contributed by atoms with van der Waals surface area (Å²) in [5.74, 6) is 1.91. The molecule has 0 saturated carbocycles. The van der Waals surface area contributed by atoms with Gasteiger partial charge in [-0.15, -0.1) is 0 Å². The number of carbonyl (C=O) groups is 1. The van der Waals surface area contributed by atoms with Gasteiger partial charge in [0.1, 0.15) is 18.2 Å². The predicted octanol–water partition coefficient (Wildman–Crippen LogP) is 3.47. The molecule has 1 amide bonds. The van der Waals surface area contributed by atoms with Gasteiger partial charge < -0.3 is 14.2 Å². The largest absolute Gasteiger partial charge is 0.492 e. The number of aromatic nitrogens is 2. The summed E-state index contributed by atoms with van der Waals surface area (Å²) in [6.07, 6.45) is 4.27. The number of benzene rings is 1. The molecule has 0 aliphatic carbocycles. The van der Waals surface area contributed by atoms with E-state index in [-0.39, 0.29) is 5.91 Å². The number of pyridine rings is 1. The number of para-hydroxylation sites is 1. The molecule has 0 unspecified atom stereocenters. The van der Waals surface area contributed by atoms with Crippen LogP contribution in [0, 0.1) is 6.92 Å². The third kappa shape index (κ3) is 4.97. The Balaban J connectivity index is 1.55. The number of aryl methyl sites for hydroxylation is 1. The first-order valence-corrected chi connectivity index (χ1v) is 10.9. The lowest BCUT2D eigenvalue weighted by Crippen LogP contribution is -2.40. The Kier molecular flexibility index (Phi) is 6.67. The number of rotatable bonds is 4. The van der Waals surface area contributed by atoms with Crippen molar-refractivity contribution < 1.29 is 9.53 Å². The molecule has 1 aromatic carbocycles. The molecule has 6 nitrogen and oxygen atoms in total. The molecule has 1 aliphatic heterocycles. The normalized spacial score (nSPS) is 15.8. The van der Waals surface area contributed by atoms with Crippen molar-refractivity contribution in [2.75, 3.05) is 32.8 Å². The van der Waals surface area contributed by atoms with Crippen LogP contribution in [0.5, 0.6) is 5.75 Å². The van der Waals surface area contributed by atoms with Crippen LogP contribution in [-0.4, -0.2) is 58.0 Å². The zero-order valence-electron chi connectivity index (χ0n) is 18.3. The number of hydrogen-bond acceptors (Lipinski definition) is 4. The van der Waals surface area contributed by atoms with Crippen molar-refractivity contribution in [2.45, 2.75) is 26.8 Å². The number of hydrogen-bond donors (Lipinski definition) is 0. The van der Waals surface area contributed by atoms with Crippen LogP contribution in [0.1, 0.15) is 23.7 Å². The average molecular weight is 419 g/mol. The average Bonchev–Trinajstić information content (AvgIpc) is 3.22. The third-order valence-electron chi connectivity index (χ3n) is 5.83. The quantitative estimate of drug-likeness (QED) is 0.651. The molecule has 4 rings (SSSR count). The first-order chi connectivity index (χ1) is 15.2. The van der Waals surface area contributed by atoms with E-state index in [0.29, 0.717) is 26.1 Å². The molecule has 0 spiro atoms. The molecule has 3 aromatic rings. The molecule has 0 bridgehead atoms. The first-order valence-electron chi connectivity index (χ1n) is 10.9. The fourth-order valence-corrected chi connectivity index (χ4v) is 4.05. The molecule has 0 fully saturated rings. The van der Waals surface area contributed by atoms with Crippen molar-refractivity contribution in [2.24, 2.45) is 0 Å². The zero-order valence-corrected chi connectivity index (χ0v) is 18.3. The number of amides is 1. The second-order valence-electron chi connectivity index (χ2n) is 7.90. The number of carbonyl (C=O) groups excluding carboxylic acids is 1. The molecule has 0 radical (unpaired) electrons. The van der Waals surface area contributed by atoms with E-state index in [9.17, 15) is 4.79 Å². The van der Waals surface area contributed by atoms with Crippen molar-refractivity contribution >= 4 is 5.91 Å². The molecule has 162 valence electrons. The maximum Gasteiger partial charge on any atom is 0.227 e. The van der Waals surface area contributed by atoms with Crippen LogP contribution in [0.15, 0.2) is 60.9 Å². The fraction of sp³-hybridized carbons (Fsp3) is 0.360. The summed E-state index contributed by atoms with van der Waals surface area (Å²) < 4.78 is 8.24. The molecule has 0 atom stereocenters. The molecule has 6 heteroatoms. The van der Waals surface area contributed by atoms with E-state index in [2.05, 4.69) is 45.8 Å². The summed E-state index contributed by atoms with van der Waals surface area (Å²) in [7, 11) is 0. The Morgan fingerprint density at radius 3 is 2.74 bits per heavy atom. The Morgan fingerprint density at radius 1 is 1.03 bits per heavy atom. The molecule has 0 N–H and O–H groups in total. The van der Waals surface area contributed by atoms with E-state index in [1.807, 2.05) is 48.4 Å². The van der Waals surface area contributed by atoms with Gasteiger partial charge in [-0.2, -0.15) is 0 Å². The number of nitrogens with zero attached hydrogens (tertiary/aromatic N) is 4. The maximum absolute atomic E-state index is 12.9. The van der Waals surface area contributed by atoms with Gasteiger partial charge in [0, 0.05) is 56.4 Å². The minimum absolute atomic E-state index is 0.146. The zero-order chi connectivity index (χ0) is 21.6. The van der Waals surface area contributed by atoms with Gasteiger partial charge in [-0.25, -0.2) is 4.98 Å². The van der Waals surface area contributed by atoms with Crippen molar-refractivity contribution in [1.82, 2.24) is 19.4 Å². The van der Waals surface area contributed by atoms with Crippen LogP contribution >= 0.6 is 0 Å². The highest BCUT2D eigenvalue weighted by molar-refractivity contribution is 5.79. The van der Waals surface area contributed by atoms with Gasteiger partial charge in [-0.3, -0.25) is 9.69 Å². The summed E-state index contributed by atoms with van der Waals surface area (Å²) in [4.78, 5) is 21.7. The van der Waals surface area contributed by atoms with E-state index in [1.165, 1.54) is 5.69 Å². The van der Waals surface area contributed by atoms with E-state index in [0.717, 1.165) is 42.3 Å². The minimum Gasteiger partial charge on any atom is -0.492 e. The van der Waals surface area contributed by atoms with Gasteiger partial charge in [0.2, 0.25) is 5.91 Å². The van der Waals surface area contributed by atoms with Gasteiger partial charge in [0.05, 0.1) is 6.42 Å². The van der Waals surface area contributed by atoms with Crippen LogP contribution in [0.4, 0.5) is 0 Å². The molecule has 3 heterocycles. The second-order valence-corrected chi connectivity index (χ2v) is 7.90. The van der Waals surface area contributed by atoms with Crippen molar-refractivity contribution in [3.05, 3.63) is 77.7 Å². The molecule has 2 aromatic heterocycles. The molecule has 31 heavy (non-hydrogen) atoms. The highest BCUT2D eigenvalue weighted by atomic mass is 16.5. The van der Waals surface area contributed by atoms with Crippen LogP contribution in [0.2, 0.25) is 0 Å². The van der Waals surface area contributed by atoms with Gasteiger partial charge in [0.15, 0.2) is 0 Å². The Bertz CT molecular complexity index is 1030. The Labute approximate surface area is 184 Å². The predicted molar refractivity (Wildman–Crippen MR) is 121 cm³/mol. The summed E-state index contributed by atoms with van der Waals surface area (Å²) in [5.41, 5.74) is 3.27. The summed E-state index contributed by atoms with van der Waals surface area (Å²) in [6, 6.07) is 16.1. The lowest BCUT2D eigenvalue weighted by atomic mass is 10.1. The van der Waals surface area contributed by atoms with E-state index >= 15 is 0 Å². The lowest BCUT2D eigenvalue weighted by Gasteiger charge is -2.27. The smallest absolute Gasteiger partial charge is 0.227 e. The second kappa shape index (κ2) is 9.79. The SMILES string of the molecule is CCN1CCN(Cc2cccn2-c2ncccc2C)CCOc2ccccc2CC1=O. The van der Waals surface area contributed by atoms with Gasteiger partial charge in [-0.05, 0) is 43.7 Å². The van der Waals surface area contributed by atoms with E-state index < -0.39 is 0 Å². The standard InChI is InChI=1S/C25H30N4O2/c1-3-28-15-14-27(16-17-31-23-11-5-4-9-21(23)18-24(28)30)19-22-10-7-13-29(22)25-20(2)8-6-12-26-25/h4-13H,3,14-19H2,1-2H3. The Morgan fingerprint density at radius 2 is 1.90 bits per heavy atom. The first kappa shape index (κ1) is 21.1. The lowest BCUT2D eigenvalue weighted by molar-refractivity contribution is -0.130. The molecule has 0 saturated heterocycles. The van der Waals surface area contributed by atoms with Crippen molar-refractivity contribution in [3.63, 3.8) is 0 Å². The molecular weight excluding hydrogens is 388 g/mol. The summed E-state index contributed by atoms with van der Waals surface area (Å²) in [6.45, 7) is 8.47. The van der Waals surface area contributed by atoms with Crippen LogP contribution < -0.4 is 4.74 Å². The third-order valence-corrected chi connectivity index (χ3v) is 5.83. The highest BCUT2D eigenvalue weighted by Gasteiger charge is 2.19. The van der Waals surface area contributed by atoms with Crippen LogP contribution in [0.3, 0.4) is 0 Å². The number of ether oxygens (including phenoxy) is 1. The van der Waals surface area contributed by atoms with Gasteiger partial charge in [0.25, 0.3) is 0 Å². The molecular formula is C25H30N4O2. The minimum atomic E-state index is 0.146.